The highest BCUT2D eigenvalue weighted by atomic mass is 19.3. The summed E-state index contributed by atoms with van der Waals surface area (Å²) in [6, 6.07) is 16.8. The van der Waals surface area contributed by atoms with Gasteiger partial charge in [-0.15, -0.1) is 0 Å². The van der Waals surface area contributed by atoms with Crippen molar-refractivity contribution in [1.29, 1.82) is 0 Å². The van der Waals surface area contributed by atoms with Crippen molar-refractivity contribution in [1.82, 2.24) is 0 Å². The number of esters is 1. The normalized spacial score (nSPS) is 12.8. The lowest BCUT2D eigenvalue weighted by atomic mass is 9.94. The first kappa shape index (κ1) is 19.6. The van der Waals surface area contributed by atoms with E-state index in [9.17, 15) is 18.7 Å². The number of hydrogen-bond donors (Lipinski definition) is 1. The predicted molar refractivity (Wildman–Crippen MR) is 92.0 cm³/mol. The number of aliphatic hydroxyl groups is 1. The third-order valence-electron chi connectivity index (χ3n) is 3.70. The first-order valence-corrected chi connectivity index (χ1v) is 8.16. The molecular formula is C20H20F2O4. The summed E-state index contributed by atoms with van der Waals surface area (Å²) in [6.45, 7) is 1.39. The quantitative estimate of drug-likeness (QED) is 0.564. The van der Waals surface area contributed by atoms with Gasteiger partial charge in [-0.05, 0) is 18.1 Å². The van der Waals surface area contributed by atoms with Crippen LogP contribution < -0.4 is 0 Å². The van der Waals surface area contributed by atoms with Crippen LogP contribution in [0.3, 0.4) is 0 Å². The second-order valence-electron chi connectivity index (χ2n) is 5.48. The van der Waals surface area contributed by atoms with E-state index in [1.807, 2.05) is 0 Å². The second kappa shape index (κ2) is 9.68. The summed E-state index contributed by atoms with van der Waals surface area (Å²) in [6.07, 6.45) is -3.70. The molecule has 1 N–H and O–H groups in total. The van der Waals surface area contributed by atoms with Crippen LogP contribution in [0.5, 0.6) is 0 Å². The van der Waals surface area contributed by atoms with Crippen LogP contribution in [0.2, 0.25) is 0 Å². The number of hydrogen-bond acceptors (Lipinski definition) is 4. The fourth-order valence-corrected chi connectivity index (χ4v) is 2.45. The molecule has 0 saturated carbocycles. The standard InChI is InChI=1S/C20H20F2O4/c1-2-25-20(24)16(17(23)15-11-7-4-8-12-15)18(19(21)22)26-13-14-9-5-3-6-10-14/h3-12,16-17,23H,2,13H2,1H3/t16-,17-/m0/s1. The van der Waals surface area contributed by atoms with E-state index >= 15 is 0 Å². The fraction of sp³-hybridized carbons (Fsp3) is 0.250. The van der Waals surface area contributed by atoms with E-state index in [-0.39, 0.29) is 13.2 Å². The maximum atomic E-state index is 13.6. The number of benzene rings is 2. The Morgan fingerprint density at radius 3 is 2.12 bits per heavy atom. The molecule has 0 aliphatic carbocycles. The van der Waals surface area contributed by atoms with Crippen LogP contribution in [0.4, 0.5) is 8.78 Å². The summed E-state index contributed by atoms with van der Waals surface area (Å²) < 4.78 is 37.2. The molecule has 0 aliphatic rings. The van der Waals surface area contributed by atoms with Gasteiger partial charge in [0.05, 0.1) is 12.7 Å². The number of carbonyl (C=O) groups excluding carboxylic acids is 1. The molecule has 6 heteroatoms. The van der Waals surface area contributed by atoms with Gasteiger partial charge >= 0.3 is 12.0 Å². The van der Waals surface area contributed by atoms with Gasteiger partial charge in [-0.25, -0.2) is 0 Å². The Morgan fingerprint density at radius 1 is 1.00 bits per heavy atom. The minimum absolute atomic E-state index is 0.00326. The van der Waals surface area contributed by atoms with Crippen LogP contribution in [0.1, 0.15) is 24.2 Å². The zero-order valence-electron chi connectivity index (χ0n) is 14.3. The van der Waals surface area contributed by atoms with Gasteiger partial charge in [-0.2, -0.15) is 8.78 Å². The minimum atomic E-state index is -2.17. The molecule has 26 heavy (non-hydrogen) atoms. The molecule has 0 radical (unpaired) electrons. The zero-order chi connectivity index (χ0) is 18.9. The van der Waals surface area contributed by atoms with Gasteiger partial charge < -0.3 is 14.6 Å². The third-order valence-corrected chi connectivity index (χ3v) is 3.70. The molecule has 0 saturated heterocycles. The molecule has 0 aliphatic heterocycles. The van der Waals surface area contributed by atoms with E-state index < -0.39 is 29.8 Å². The molecule has 0 aromatic heterocycles. The Morgan fingerprint density at radius 2 is 1.58 bits per heavy atom. The number of ether oxygens (including phenoxy) is 2. The maximum Gasteiger partial charge on any atom is 0.319 e. The van der Waals surface area contributed by atoms with Crippen LogP contribution in [-0.2, 0) is 20.9 Å². The molecule has 0 unspecified atom stereocenters. The number of halogens is 2. The van der Waals surface area contributed by atoms with Crippen LogP contribution in [0.15, 0.2) is 72.5 Å². The van der Waals surface area contributed by atoms with Crippen molar-refractivity contribution < 1.29 is 28.2 Å². The smallest absolute Gasteiger partial charge is 0.319 e. The van der Waals surface area contributed by atoms with Crippen molar-refractivity contribution in [2.75, 3.05) is 6.61 Å². The summed E-state index contributed by atoms with van der Waals surface area (Å²) in [5, 5.41) is 10.5. The first-order chi connectivity index (χ1) is 12.5. The van der Waals surface area contributed by atoms with Gasteiger partial charge in [0.25, 0.3) is 0 Å². The average Bonchev–Trinajstić information content (AvgIpc) is 2.66. The number of aliphatic hydroxyl groups excluding tert-OH is 1. The van der Waals surface area contributed by atoms with Crippen LogP contribution in [0, 0.1) is 5.92 Å². The highest BCUT2D eigenvalue weighted by molar-refractivity contribution is 5.76. The maximum absolute atomic E-state index is 13.6. The van der Waals surface area contributed by atoms with E-state index in [2.05, 4.69) is 0 Å². The Hall–Kier alpha value is -2.73. The summed E-state index contributed by atoms with van der Waals surface area (Å²) >= 11 is 0. The lowest BCUT2D eigenvalue weighted by Gasteiger charge is -2.23. The number of carbonyl (C=O) groups is 1. The lowest BCUT2D eigenvalue weighted by molar-refractivity contribution is -0.152. The second-order valence-corrected chi connectivity index (χ2v) is 5.48. The lowest BCUT2D eigenvalue weighted by Crippen LogP contribution is -2.28. The van der Waals surface area contributed by atoms with Gasteiger partial charge in [-0.3, -0.25) is 4.79 Å². The van der Waals surface area contributed by atoms with Gasteiger partial charge in [-0.1, -0.05) is 60.7 Å². The number of rotatable bonds is 8. The molecule has 0 amide bonds. The van der Waals surface area contributed by atoms with Crippen molar-refractivity contribution in [3.63, 3.8) is 0 Å². The Balaban J connectivity index is 2.30. The monoisotopic (exact) mass is 362 g/mol. The summed E-state index contributed by atoms with van der Waals surface area (Å²) in [5.41, 5.74) is 0.968. The van der Waals surface area contributed by atoms with E-state index in [1.54, 1.807) is 67.6 Å². The topological polar surface area (TPSA) is 55.8 Å². The summed E-state index contributed by atoms with van der Waals surface area (Å²) in [7, 11) is 0. The van der Waals surface area contributed by atoms with E-state index in [0.717, 1.165) is 0 Å². The van der Waals surface area contributed by atoms with Gasteiger partial charge in [0, 0.05) is 0 Å². The summed E-state index contributed by atoms with van der Waals surface area (Å²) in [4.78, 5) is 12.3. The van der Waals surface area contributed by atoms with Gasteiger partial charge in [0.1, 0.15) is 12.5 Å². The third kappa shape index (κ3) is 5.13. The summed E-state index contributed by atoms with van der Waals surface area (Å²) in [5.74, 6) is -3.52. The van der Waals surface area contributed by atoms with Crippen molar-refractivity contribution in [2.24, 2.45) is 5.92 Å². The highest BCUT2D eigenvalue weighted by Crippen LogP contribution is 2.33. The highest BCUT2D eigenvalue weighted by Gasteiger charge is 2.37. The molecule has 4 nitrogen and oxygen atoms in total. The van der Waals surface area contributed by atoms with Gasteiger partial charge in [0.2, 0.25) is 0 Å². The van der Waals surface area contributed by atoms with Crippen LogP contribution >= 0.6 is 0 Å². The van der Waals surface area contributed by atoms with E-state index in [0.29, 0.717) is 11.1 Å². The molecule has 2 aromatic rings. The fourth-order valence-electron chi connectivity index (χ4n) is 2.45. The molecule has 2 atom stereocenters. The first-order valence-electron chi connectivity index (χ1n) is 8.16. The zero-order valence-corrected chi connectivity index (χ0v) is 14.3. The van der Waals surface area contributed by atoms with Crippen molar-refractivity contribution in [3.05, 3.63) is 83.6 Å². The predicted octanol–water partition coefficient (Wildman–Crippen LogP) is 4.22. The molecule has 0 bridgehead atoms. The van der Waals surface area contributed by atoms with E-state index in [4.69, 9.17) is 9.47 Å². The Labute approximate surface area is 150 Å². The van der Waals surface area contributed by atoms with E-state index in [1.165, 1.54) is 0 Å². The van der Waals surface area contributed by atoms with Crippen molar-refractivity contribution in [2.45, 2.75) is 19.6 Å². The molecule has 2 aromatic carbocycles. The van der Waals surface area contributed by atoms with Crippen LogP contribution in [-0.4, -0.2) is 17.7 Å². The minimum Gasteiger partial charge on any atom is -0.487 e. The largest absolute Gasteiger partial charge is 0.487 e. The van der Waals surface area contributed by atoms with Gasteiger partial charge in [0.15, 0.2) is 5.76 Å². The Kier molecular flexibility index (Phi) is 7.29. The molecule has 0 fully saturated rings. The van der Waals surface area contributed by atoms with Crippen LogP contribution in [0.25, 0.3) is 0 Å². The SMILES string of the molecule is CCOC(=O)[C@H](C(OCc1ccccc1)=C(F)F)[C@@H](O)c1ccccc1. The molecular weight excluding hydrogens is 342 g/mol. The molecule has 2 rings (SSSR count). The molecule has 138 valence electrons. The van der Waals surface area contributed by atoms with Crippen molar-refractivity contribution in [3.8, 4) is 0 Å². The average molecular weight is 362 g/mol. The Bertz CT molecular complexity index is 728. The molecule has 0 heterocycles. The molecule has 0 spiro atoms. The van der Waals surface area contributed by atoms with Crippen molar-refractivity contribution >= 4 is 5.97 Å².